The summed E-state index contributed by atoms with van der Waals surface area (Å²) >= 11 is 1.85. The second-order valence-electron chi connectivity index (χ2n) is 13.7. The van der Waals surface area contributed by atoms with Crippen molar-refractivity contribution in [2.75, 3.05) is 0 Å². The molecule has 4 aromatic heterocycles. The fraction of sp³-hybridized carbons (Fsp3) is 0. The molecule has 0 radical (unpaired) electrons. The SMILES string of the molecule is c1ccc2c(-c3ccc(-c4nc(-n5c6ccccc6c6c7ccccc7c7sc8ccccc8c7c65)nc5oc6ccccc6c45)cc3)cccc2c1. The maximum Gasteiger partial charge on any atom is 0.238 e. The molecule has 0 N–H and O–H groups in total. The molecule has 0 atom stereocenters. The predicted molar refractivity (Wildman–Crippen MR) is 222 cm³/mol. The minimum Gasteiger partial charge on any atom is -0.437 e. The lowest BCUT2D eigenvalue weighted by molar-refractivity contribution is 0.651. The number of para-hydroxylation sites is 2. The van der Waals surface area contributed by atoms with Crippen LogP contribution in [0.2, 0.25) is 0 Å². The van der Waals surface area contributed by atoms with E-state index in [1.54, 1.807) is 0 Å². The van der Waals surface area contributed by atoms with Crippen LogP contribution < -0.4 is 0 Å². The van der Waals surface area contributed by atoms with Crippen molar-refractivity contribution < 1.29 is 4.42 Å². The highest BCUT2D eigenvalue weighted by Gasteiger charge is 2.25. The van der Waals surface area contributed by atoms with Crippen LogP contribution in [-0.4, -0.2) is 14.5 Å². The van der Waals surface area contributed by atoms with Gasteiger partial charge in [0.1, 0.15) is 5.58 Å². The average Bonchev–Trinajstić information content (AvgIpc) is 3.90. The predicted octanol–water partition coefficient (Wildman–Crippen LogP) is 13.5. The Morgan fingerprint density at radius 3 is 2.00 bits per heavy atom. The van der Waals surface area contributed by atoms with Crippen LogP contribution >= 0.6 is 11.3 Å². The molecule has 8 aromatic carbocycles. The highest BCUT2D eigenvalue weighted by Crippen LogP contribution is 2.48. The van der Waals surface area contributed by atoms with Gasteiger partial charge in [0.25, 0.3) is 0 Å². The van der Waals surface area contributed by atoms with E-state index >= 15 is 0 Å². The van der Waals surface area contributed by atoms with Gasteiger partial charge in [-0.25, -0.2) is 4.98 Å². The van der Waals surface area contributed by atoms with E-state index in [9.17, 15) is 0 Å². The summed E-state index contributed by atoms with van der Waals surface area (Å²) < 4.78 is 11.4. The molecule has 0 aliphatic rings. The normalized spacial score (nSPS) is 12.2. The van der Waals surface area contributed by atoms with Gasteiger partial charge in [0.2, 0.25) is 11.7 Å². The van der Waals surface area contributed by atoms with Crippen LogP contribution in [0.25, 0.3) is 114 Å². The van der Waals surface area contributed by atoms with Crippen LogP contribution in [0, 0.1) is 0 Å². The van der Waals surface area contributed by atoms with E-state index in [4.69, 9.17) is 14.4 Å². The molecule has 0 aliphatic heterocycles. The van der Waals surface area contributed by atoms with E-state index in [0.29, 0.717) is 11.7 Å². The molecule has 0 fully saturated rings. The lowest BCUT2D eigenvalue weighted by Crippen LogP contribution is -2.03. The Kier molecular flexibility index (Phi) is 5.90. The van der Waals surface area contributed by atoms with Crippen LogP contribution in [0.3, 0.4) is 0 Å². The topological polar surface area (TPSA) is 43.9 Å². The Morgan fingerprint density at radius 2 is 1.13 bits per heavy atom. The summed E-state index contributed by atoms with van der Waals surface area (Å²) in [5.74, 6) is 0.586. The first-order valence-corrected chi connectivity index (χ1v) is 18.7. The molecule has 0 saturated carbocycles. The van der Waals surface area contributed by atoms with E-state index in [1.165, 1.54) is 58.1 Å². The van der Waals surface area contributed by atoms with Crippen LogP contribution in [0.1, 0.15) is 0 Å². The Bertz CT molecular complexity index is 3450. The van der Waals surface area contributed by atoms with Gasteiger partial charge in [-0.15, -0.1) is 11.3 Å². The summed E-state index contributed by atoms with van der Waals surface area (Å²) in [5.41, 5.74) is 7.76. The third kappa shape index (κ3) is 4.05. The lowest BCUT2D eigenvalue weighted by atomic mass is 9.96. The van der Waals surface area contributed by atoms with Crippen molar-refractivity contribution in [3.8, 4) is 28.3 Å². The number of hydrogen-bond acceptors (Lipinski definition) is 4. The first kappa shape index (κ1) is 28.8. The van der Waals surface area contributed by atoms with Gasteiger partial charge < -0.3 is 4.42 Å². The second kappa shape index (κ2) is 10.8. The first-order chi connectivity index (χ1) is 26.3. The van der Waals surface area contributed by atoms with Crippen LogP contribution in [0.4, 0.5) is 0 Å². The van der Waals surface area contributed by atoms with Crippen LogP contribution in [0.5, 0.6) is 0 Å². The van der Waals surface area contributed by atoms with Gasteiger partial charge in [0.05, 0.1) is 22.1 Å². The molecule has 12 rings (SSSR count). The molecular weight excluding hydrogens is 667 g/mol. The van der Waals surface area contributed by atoms with Gasteiger partial charge in [0.15, 0.2) is 0 Å². The number of nitrogens with zero attached hydrogens (tertiary/aromatic N) is 3. The number of fused-ring (bicyclic) bond motifs is 14. The van der Waals surface area contributed by atoms with Crippen LogP contribution in [0.15, 0.2) is 168 Å². The largest absolute Gasteiger partial charge is 0.437 e. The molecule has 5 heteroatoms. The number of hydrogen-bond donors (Lipinski definition) is 0. The van der Waals surface area contributed by atoms with Crippen molar-refractivity contribution >= 4 is 96.9 Å². The third-order valence-electron chi connectivity index (χ3n) is 10.8. The summed E-state index contributed by atoms with van der Waals surface area (Å²) in [4.78, 5) is 10.8. The monoisotopic (exact) mass is 693 g/mol. The van der Waals surface area contributed by atoms with E-state index in [-0.39, 0.29) is 0 Å². The fourth-order valence-corrected chi connectivity index (χ4v) is 9.78. The smallest absolute Gasteiger partial charge is 0.238 e. The molecule has 0 aliphatic carbocycles. The van der Waals surface area contributed by atoms with Crippen LogP contribution in [-0.2, 0) is 0 Å². The molecular formula is C48H27N3OS. The minimum atomic E-state index is 0.572. The summed E-state index contributed by atoms with van der Waals surface area (Å²) in [6, 6.07) is 58.2. The van der Waals surface area contributed by atoms with Crippen molar-refractivity contribution in [2.24, 2.45) is 0 Å². The zero-order chi connectivity index (χ0) is 34.6. The molecule has 0 saturated heterocycles. The summed E-state index contributed by atoms with van der Waals surface area (Å²) in [5, 5.41) is 11.7. The molecule has 0 bridgehead atoms. The Labute approximate surface area is 306 Å². The number of aromatic nitrogens is 3. The Hall–Kier alpha value is -6.82. The quantitative estimate of drug-likeness (QED) is 0.185. The highest BCUT2D eigenvalue weighted by molar-refractivity contribution is 7.27. The maximum atomic E-state index is 6.57. The number of thiophene rings is 1. The Balaban J connectivity index is 1.19. The molecule has 4 heterocycles. The van der Waals surface area contributed by atoms with Gasteiger partial charge in [-0.1, -0.05) is 146 Å². The summed E-state index contributed by atoms with van der Waals surface area (Å²) in [6.07, 6.45) is 0. The van der Waals surface area contributed by atoms with Gasteiger partial charge in [0, 0.05) is 47.3 Å². The molecule has 0 spiro atoms. The zero-order valence-corrected chi connectivity index (χ0v) is 29.1. The minimum absolute atomic E-state index is 0.572. The van der Waals surface area contributed by atoms with Gasteiger partial charge in [-0.2, -0.15) is 4.98 Å². The number of rotatable bonds is 3. The van der Waals surface area contributed by atoms with E-state index in [2.05, 4.69) is 156 Å². The van der Waals surface area contributed by atoms with E-state index < -0.39 is 0 Å². The first-order valence-electron chi connectivity index (χ1n) is 17.8. The number of furan rings is 1. The molecule has 4 nitrogen and oxygen atoms in total. The van der Waals surface area contributed by atoms with Crippen molar-refractivity contribution in [2.45, 2.75) is 0 Å². The van der Waals surface area contributed by atoms with Crippen molar-refractivity contribution in [3.05, 3.63) is 164 Å². The fourth-order valence-electron chi connectivity index (χ4n) is 8.53. The van der Waals surface area contributed by atoms with Gasteiger partial charge in [-0.3, -0.25) is 4.57 Å². The highest BCUT2D eigenvalue weighted by atomic mass is 32.1. The van der Waals surface area contributed by atoms with Gasteiger partial charge >= 0.3 is 0 Å². The standard InChI is InChI=1S/C48H27N3OS/c1-2-14-31-28(12-1)13-11-20-32(31)29-24-26-30(27-25-29)44-42-36-18-6-9-22-39(36)52-47(42)50-48(49-44)51-38-21-8-5-17-35(38)41-33-15-3-4-16-34(33)46-43(45(41)51)37-19-7-10-23-40(37)53-46/h1-27H. The Morgan fingerprint density at radius 1 is 0.472 bits per heavy atom. The third-order valence-corrected chi connectivity index (χ3v) is 12.0. The molecule has 0 unspecified atom stereocenters. The molecule has 246 valence electrons. The summed E-state index contributed by atoms with van der Waals surface area (Å²) in [7, 11) is 0. The molecule has 0 amide bonds. The molecule has 12 aromatic rings. The summed E-state index contributed by atoms with van der Waals surface area (Å²) in [6.45, 7) is 0. The zero-order valence-electron chi connectivity index (χ0n) is 28.2. The van der Waals surface area contributed by atoms with Crippen molar-refractivity contribution in [1.82, 2.24) is 14.5 Å². The van der Waals surface area contributed by atoms with E-state index in [0.717, 1.165) is 44.2 Å². The second-order valence-corrected chi connectivity index (χ2v) is 14.7. The lowest BCUT2D eigenvalue weighted by Gasteiger charge is -2.12. The van der Waals surface area contributed by atoms with Crippen molar-refractivity contribution in [3.63, 3.8) is 0 Å². The molecule has 53 heavy (non-hydrogen) atoms. The number of benzene rings is 8. The average molecular weight is 694 g/mol. The van der Waals surface area contributed by atoms with Gasteiger partial charge in [-0.05, 0) is 45.5 Å². The maximum absolute atomic E-state index is 6.57. The van der Waals surface area contributed by atoms with Crippen molar-refractivity contribution in [1.29, 1.82) is 0 Å². The van der Waals surface area contributed by atoms with E-state index in [1.807, 2.05) is 23.5 Å².